The summed E-state index contributed by atoms with van der Waals surface area (Å²) in [5.74, 6) is 1.59. The molecule has 20 heavy (non-hydrogen) atoms. The van der Waals surface area contributed by atoms with Gasteiger partial charge < -0.3 is 5.32 Å². The smallest absolute Gasteiger partial charge is 0.203 e. The summed E-state index contributed by atoms with van der Waals surface area (Å²) in [6.45, 7) is 8.08. The molecule has 1 atom stereocenters. The molecule has 0 bridgehead atoms. The largest absolute Gasteiger partial charge is 0.360 e. The van der Waals surface area contributed by atoms with E-state index in [0.29, 0.717) is 0 Å². The highest BCUT2D eigenvalue weighted by molar-refractivity contribution is 7.11. The van der Waals surface area contributed by atoms with Crippen molar-refractivity contribution in [2.45, 2.75) is 33.7 Å². The number of nitrogens with one attached hydrogen (secondary N) is 1. The second-order valence-electron chi connectivity index (χ2n) is 4.77. The molecule has 3 heterocycles. The van der Waals surface area contributed by atoms with Gasteiger partial charge in [-0.25, -0.2) is 9.97 Å². The summed E-state index contributed by atoms with van der Waals surface area (Å²) < 4.78 is 1.92. The Labute approximate surface area is 120 Å². The zero-order valence-electron chi connectivity index (χ0n) is 11.9. The Morgan fingerprint density at radius 3 is 2.75 bits per heavy atom. The van der Waals surface area contributed by atoms with Gasteiger partial charge in [0.25, 0.3) is 0 Å². The number of rotatable bonds is 3. The van der Waals surface area contributed by atoms with Crippen LogP contribution in [0.4, 0.5) is 5.82 Å². The zero-order valence-corrected chi connectivity index (χ0v) is 12.7. The van der Waals surface area contributed by atoms with Gasteiger partial charge in [0.1, 0.15) is 5.82 Å². The molecule has 0 fully saturated rings. The predicted octanol–water partition coefficient (Wildman–Crippen LogP) is 2.68. The molecule has 0 saturated carbocycles. The van der Waals surface area contributed by atoms with Crippen molar-refractivity contribution < 1.29 is 0 Å². The topological polar surface area (TPSA) is 68.0 Å². The molecule has 104 valence electrons. The van der Waals surface area contributed by atoms with Gasteiger partial charge >= 0.3 is 0 Å². The monoisotopic (exact) mass is 288 g/mol. The number of aryl methyl sites for hydroxylation is 3. The van der Waals surface area contributed by atoms with E-state index in [9.17, 15) is 0 Å². The first kappa shape index (κ1) is 13.0. The lowest BCUT2D eigenvalue weighted by molar-refractivity contribution is 0.877. The standard InChI is InChI=1S/C13H16N6S/c1-7-11(20-10(4)15-7)8(2)16-12-13-18-17-9(3)19(13)6-5-14-12/h5-6,8H,1-4H3,(H,14,16). The summed E-state index contributed by atoms with van der Waals surface area (Å²) in [4.78, 5) is 10.1. The number of hydrogen-bond donors (Lipinski definition) is 1. The molecule has 1 N–H and O–H groups in total. The van der Waals surface area contributed by atoms with Crippen LogP contribution in [0, 0.1) is 20.8 Å². The Kier molecular flexibility index (Phi) is 3.13. The lowest BCUT2D eigenvalue weighted by Gasteiger charge is -2.13. The van der Waals surface area contributed by atoms with Crippen LogP contribution >= 0.6 is 11.3 Å². The molecule has 0 aliphatic rings. The molecule has 1 unspecified atom stereocenters. The second kappa shape index (κ2) is 4.82. The fraction of sp³-hybridized carbons (Fsp3) is 0.385. The highest BCUT2D eigenvalue weighted by Gasteiger charge is 2.15. The summed E-state index contributed by atoms with van der Waals surface area (Å²) >= 11 is 1.71. The van der Waals surface area contributed by atoms with Gasteiger partial charge in [0, 0.05) is 17.3 Å². The minimum Gasteiger partial charge on any atom is -0.360 e. The van der Waals surface area contributed by atoms with Crippen LogP contribution < -0.4 is 5.32 Å². The van der Waals surface area contributed by atoms with Crippen LogP contribution in [-0.4, -0.2) is 24.6 Å². The molecule has 3 aromatic rings. The molecular formula is C13H16N6S. The van der Waals surface area contributed by atoms with E-state index in [4.69, 9.17) is 0 Å². The van der Waals surface area contributed by atoms with E-state index in [2.05, 4.69) is 32.4 Å². The first-order valence-corrected chi connectivity index (χ1v) is 7.24. The molecule has 0 spiro atoms. The molecule has 7 heteroatoms. The molecular weight excluding hydrogens is 272 g/mol. The first-order valence-electron chi connectivity index (χ1n) is 6.43. The van der Waals surface area contributed by atoms with Crippen molar-refractivity contribution in [3.8, 4) is 0 Å². The summed E-state index contributed by atoms with van der Waals surface area (Å²) in [7, 11) is 0. The van der Waals surface area contributed by atoms with E-state index in [-0.39, 0.29) is 6.04 Å². The molecule has 0 saturated heterocycles. The third kappa shape index (κ3) is 2.14. The number of thiazole rings is 1. The minimum absolute atomic E-state index is 0.136. The minimum atomic E-state index is 0.136. The Hall–Kier alpha value is -2.02. The van der Waals surface area contributed by atoms with Crippen LogP contribution in [0.25, 0.3) is 5.65 Å². The number of aromatic nitrogens is 5. The van der Waals surface area contributed by atoms with Gasteiger partial charge in [-0.05, 0) is 27.7 Å². The van der Waals surface area contributed by atoms with Crippen LogP contribution in [0.3, 0.4) is 0 Å². The van der Waals surface area contributed by atoms with Crippen molar-refractivity contribution in [3.05, 3.63) is 33.8 Å². The van der Waals surface area contributed by atoms with E-state index < -0.39 is 0 Å². The van der Waals surface area contributed by atoms with Crippen LogP contribution in [-0.2, 0) is 0 Å². The summed E-state index contributed by atoms with van der Waals surface area (Å²) in [6, 6.07) is 0.136. The lowest BCUT2D eigenvalue weighted by atomic mass is 10.2. The van der Waals surface area contributed by atoms with Crippen LogP contribution in [0.2, 0.25) is 0 Å². The highest BCUT2D eigenvalue weighted by atomic mass is 32.1. The molecule has 0 aromatic carbocycles. The summed E-state index contributed by atoms with van der Waals surface area (Å²) in [5, 5.41) is 12.7. The van der Waals surface area contributed by atoms with Crippen LogP contribution in [0.1, 0.15) is 34.4 Å². The van der Waals surface area contributed by atoms with E-state index in [1.807, 2.05) is 31.4 Å². The fourth-order valence-electron chi connectivity index (χ4n) is 2.26. The maximum absolute atomic E-state index is 4.47. The lowest BCUT2D eigenvalue weighted by Crippen LogP contribution is -2.09. The maximum atomic E-state index is 4.47. The van der Waals surface area contributed by atoms with Crippen molar-refractivity contribution in [2.75, 3.05) is 5.32 Å². The van der Waals surface area contributed by atoms with Crippen molar-refractivity contribution in [3.63, 3.8) is 0 Å². The average molecular weight is 288 g/mol. The zero-order chi connectivity index (χ0) is 14.3. The van der Waals surface area contributed by atoms with E-state index >= 15 is 0 Å². The Bertz CT molecular complexity index is 759. The highest BCUT2D eigenvalue weighted by Crippen LogP contribution is 2.27. The van der Waals surface area contributed by atoms with E-state index in [1.165, 1.54) is 4.88 Å². The third-order valence-corrected chi connectivity index (χ3v) is 4.44. The molecule has 3 rings (SSSR count). The Balaban J connectivity index is 1.95. The second-order valence-corrected chi connectivity index (χ2v) is 6.00. The molecule has 3 aromatic heterocycles. The van der Waals surface area contributed by atoms with Crippen LogP contribution in [0.15, 0.2) is 12.4 Å². The van der Waals surface area contributed by atoms with Gasteiger partial charge in [-0.2, -0.15) is 0 Å². The normalized spacial score (nSPS) is 12.8. The van der Waals surface area contributed by atoms with Gasteiger partial charge in [-0.15, -0.1) is 21.5 Å². The quantitative estimate of drug-likeness (QED) is 0.802. The number of nitrogens with zero attached hydrogens (tertiary/aromatic N) is 5. The fourth-order valence-corrected chi connectivity index (χ4v) is 3.19. The number of hydrogen-bond acceptors (Lipinski definition) is 6. The van der Waals surface area contributed by atoms with Gasteiger partial charge in [-0.3, -0.25) is 4.40 Å². The molecule has 0 aliphatic heterocycles. The molecule has 0 amide bonds. The Morgan fingerprint density at radius 2 is 2.05 bits per heavy atom. The third-order valence-electron chi connectivity index (χ3n) is 3.18. The van der Waals surface area contributed by atoms with Crippen molar-refractivity contribution in [1.29, 1.82) is 0 Å². The van der Waals surface area contributed by atoms with Gasteiger partial charge in [-0.1, -0.05) is 0 Å². The predicted molar refractivity (Wildman–Crippen MR) is 79.1 cm³/mol. The molecule has 0 radical (unpaired) electrons. The summed E-state index contributed by atoms with van der Waals surface area (Å²) in [6.07, 6.45) is 3.62. The van der Waals surface area contributed by atoms with Crippen LogP contribution in [0.5, 0.6) is 0 Å². The Morgan fingerprint density at radius 1 is 1.25 bits per heavy atom. The number of anilines is 1. The number of fused-ring (bicyclic) bond motifs is 1. The van der Waals surface area contributed by atoms with Crippen molar-refractivity contribution >= 4 is 22.8 Å². The average Bonchev–Trinajstić information content (AvgIpc) is 2.94. The van der Waals surface area contributed by atoms with Crippen molar-refractivity contribution in [2.24, 2.45) is 0 Å². The molecule has 0 aliphatic carbocycles. The van der Waals surface area contributed by atoms with Gasteiger partial charge in [0.2, 0.25) is 5.65 Å². The van der Waals surface area contributed by atoms with Crippen molar-refractivity contribution in [1.82, 2.24) is 24.6 Å². The maximum Gasteiger partial charge on any atom is 0.203 e. The first-order chi connectivity index (χ1) is 9.56. The van der Waals surface area contributed by atoms with E-state index in [0.717, 1.165) is 28.0 Å². The van der Waals surface area contributed by atoms with E-state index in [1.54, 1.807) is 17.5 Å². The summed E-state index contributed by atoms with van der Waals surface area (Å²) in [5.41, 5.74) is 1.81. The van der Waals surface area contributed by atoms with Gasteiger partial charge in [0.15, 0.2) is 5.82 Å². The van der Waals surface area contributed by atoms with Gasteiger partial charge in [0.05, 0.1) is 16.7 Å². The SMILES string of the molecule is Cc1nc(C)c(C(C)Nc2nccn3c(C)nnc23)s1. The molecule has 6 nitrogen and oxygen atoms in total.